The highest BCUT2D eigenvalue weighted by Gasteiger charge is 2.38. The van der Waals surface area contributed by atoms with Crippen molar-refractivity contribution < 1.29 is 22.1 Å². The van der Waals surface area contributed by atoms with Crippen LogP contribution in [-0.4, -0.2) is 50.5 Å². The molecule has 0 unspecified atom stereocenters. The average Bonchev–Trinajstić information content (AvgIpc) is 2.57. The number of carbonyl (C=O) groups excluding carboxylic acids is 1. The normalized spacial score (nSPS) is 23.7. The lowest BCUT2D eigenvalue weighted by Gasteiger charge is -2.24. The molecule has 7 heteroatoms. The number of carbonyl (C=O) groups is 1. The summed E-state index contributed by atoms with van der Waals surface area (Å²) in [5, 5.41) is 0. The Kier molecular flexibility index (Phi) is 5.21. The molecule has 1 fully saturated rings. The molecule has 1 aliphatic heterocycles. The topological polar surface area (TPSA) is 72.9 Å². The van der Waals surface area contributed by atoms with Crippen molar-refractivity contribution in [2.24, 2.45) is 5.92 Å². The first-order valence-electron chi connectivity index (χ1n) is 6.49. The van der Waals surface area contributed by atoms with E-state index in [2.05, 4.69) is 6.58 Å². The minimum Gasteiger partial charge on any atom is -0.444 e. The van der Waals surface area contributed by atoms with E-state index in [1.165, 1.54) is 4.90 Å². The predicted molar refractivity (Wildman–Crippen MR) is 75.8 cm³/mol. The van der Waals surface area contributed by atoms with Crippen molar-refractivity contribution in [2.45, 2.75) is 38.9 Å². The first-order valence-corrected chi connectivity index (χ1v) is 8.30. The second kappa shape index (κ2) is 6.13. The van der Waals surface area contributed by atoms with E-state index < -0.39 is 27.9 Å². The van der Waals surface area contributed by atoms with Gasteiger partial charge in [-0.15, -0.1) is 6.58 Å². The first-order chi connectivity index (χ1) is 9.02. The summed E-state index contributed by atoms with van der Waals surface area (Å²) in [6.45, 7) is 9.61. The average molecular weight is 305 g/mol. The number of amides is 1. The third-order valence-electron chi connectivity index (χ3n) is 2.80. The maximum Gasteiger partial charge on any atom is 0.410 e. The van der Waals surface area contributed by atoms with E-state index in [0.717, 1.165) is 6.26 Å². The summed E-state index contributed by atoms with van der Waals surface area (Å²) >= 11 is 0. The Morgan fingerprint density at radius 2 is 2.00 bits per heavy atom. The zero-order valence-corrected chi connectivity index (χ0v) is 13.3. The number of ether oxygens (including phenoxy) is 1. The molecule has 1 aliphatic rings. The molecule has 0 aromatic rings. The fourth-order valence-corrected chi connectivity index (χ4v) is 2.76. The molecule has 6 nitrogen and oxygen atoms in total. The van der Waals surface area contributed by atoms with Gasteiger partial charge in [-0.2, -0.15) is 8.42 Å². The van der Waals surface area contributed by atoms with Gasteiger partial charge in [0, 0.05) is 12.5 Å². The quantitative estimate of drug-likeness (QED) is 0.584. The molecule has 116 valence electrons. The Labute approximate surface area is 120 Å². The van der Waals surface area contributed by atoms with Gasteiger partial charge in [0.25, 0.3) is 10.1 Å². The Bertz CT molecular complexity index is 466. The van der Waals surface area contributed by atoms with E-state index in [1.54, 1.807) is 26.8 Å². The largest absolute Gasteiger partial charge is 0.444 e. The van der Waals surface area contributed by atoms with Crippen LogP contribution in [0.15, 0.2) is 12.7 Å². The van der Waals surface area contributed by atoms with E-state index >= 15 is 0 Å². The van der Waals surface area contributed by atoms with Crippen molar-refractivity contribution in [3.8, 4) is 0 Å². The third-order valence-corrected chi connectivity index (χ3v) is 3.40. The zero-order chi connectivity index (χ0) is 15.6. The van der Waals surface area contributed by atoms with Crippen molar-refractivity contribution in [2.75, 3.05) is 19.3 Å². The maximum atomic E-state index is 12.0. The van der Waals surface area contributed by atoms with Crippen LogP contribution in [-0.2, 0) is 19.0 Å². The van der Waals surface area contributed by atoms with Gasteiger partial charge in [-0.25, -0.2) is 4.79 Å². The highest BCUT2D eigenvalue weighted by molar-refractivity contribution is 7.86. The zero-order valence-electron chi connectivity index (χ0n) is 12.5. The molecule has 1 saturated heterocycles. The van der Waals surface area contributed by atoms with E-state index in [9.17, 15) is 13.2 Å². The summed E-state index contributed by atoms with van der Waals surface area (Å²) in [6.07, 6.45) is 2.29. The summed E-state index contributed by atoms with van der Waals surface area (Å²) in [7, 11) is -3.56. The minimum absolute atomic E-state index is 0.0882. The lowest BCUT2D eigenvalue weighted by molar-refractivity contribution is 0.0275. The molecule has 0 saturated carbocycles. The molecule has 1 rings (SSSR count). The Morgan fingerprint density at radius 1 is 1.40 bits per heavy atom. The second-order valence-electron chi connectivity index (χ2n) is 6.01. The van der Waals surface area contributed by atoms with Crippen LogP contribution < -0.4 is 0 Å². The molecule has 1 heterocycles. The fourth-order valence-electron chi connectivity index (χ4n) is 2.09. The number of likely N-dealkylation sites (tertiary alicyclic amines) is 1. The molecule has 1 amide bonds. The first kappa shape index (κ1) is 17.0. The molecule has 0 bridgehead atoms. The highest BCUT2D eigenvalue weighted by atomic mass is 32.2. The lowest BCUT2D eigenvalue weighted by atomic mass is 10.0. The molecule has 20 heavy (non-hydrogen) atoms. The number of rotatable bonds is 4. The molecule has 0 aliphatic carbocycles. The third kappa shape index (κ3) is 5.50. The Morgan fingerprint density at radius 3 is 2.45 bits per heavy atom. The van der Waals surface area contributed by atoms with Gasteiger partial charge in [0.2, 0.25) is 0 Å². The second-order valence-corrected chi connectivity index (χ2v) is 7.61. The van der Waals surface area contributed by atoms with Crippen molar-refractivity contribution >= 4 is 16.2 Å². The summed E-state index contributed by atoms with van der Waals surface area (Å²) in [6, 6.07) is 0. The van der Waals surface area contributed by atoms with Gasteiger partial charge in [0.05, 0.1) is 18.9 Å². The van der Waals surface area contributed by atoms with Crippen LogP contribution in [0.3, 0.4) is 0 Å². The van der Waals surface area contributed by atoms with Gasteiger partial charge in [0.1, 0.15) is 5.60 Å². The lowest BCUT2D eigenvalue weighted by Crippen LogP contribution is -2.36. The molecule has 0 N–H and O–H groups in total. The molecule has 0 spiro atoms. The van der Waals surface area contributed by atoms with Gasteiger partial charge in [-0.3, -0.25) is 4.18 Å². The molecule has 0 aromatic heterocycles. The summed E-state index contributed by atoms with van der Waals surface area (Å²) < 4.78 is 32.9. The van der Waals surface area contributed by atoms with Crippen LogP contribution in [0.1, 0.15) is 27.2 Å². The van der Waals surface area contributed by atoms with Crippen LogP contribution in [0.4, 0.5) is 4.79 Å². The molecular formula is C13H23NO5S. The summed E-state index contributed by atoms with van der Waals surface area (Å²) in [5.41, 5.74) is -0.583. The van der Waals surface area contributed by atoms with Crippen LogP contribution in [0.5, 0.6) is 0 Å². The smallest absolute Gasteiger partial charge is 0.410 e. The van der Waals surface area contributed by atoms with E-state index in [1.807, 2.05) is 0 Å². The minimum atomic E-state index is -3.56. The van der Waals surface area contributed by atoms with Crippen molar-refractivity contribution in [1.29, 1.82) is 0 Å². The van der Waals surface area contributed by atoms with Gasteiger partial charge >= 0.3 is 6.09 Å². The van der Waals surface area contributed by atoms with Crippen LogP contribution in [0, 0.1) is 5.92 Å². The van der Waals surface area contributed by atoms with Crippen LogP contribution >= 0.6 is 0 Å². The number of hydrogen-bond donors (Lipinski definition) is 0. The van der Waals surface area contributed by atoms with E-state index in [0.29, 0.717) is 13.0 Å². The summed E-state index contributed by atoms with van der Waals surface area (Å²) in [5.74, 6) is -0.0882. The Balaban J connectivity index is 2.74. The maximum absolute atomic E-state index is 12.0. The SMILES string of the molecule is C=CC[C@@H]1CN(C(=O)OC(C)(C)C)C[C@@H]1OS(C)(=O)=O. The van der Waals surface area contributed by atoms with E-state index in [4.69, 9.17) is 8.92 Å². The van der Waals surface area contributed by atoms with Crippen LogP contribution in [0.2, 0.25) is 0 Å². The monoisotopic (exact) mass is 305 g/mol. The van der Waals surface area contributed by atoms with E-state index in [-0.39, 0.29) is 12.5 Å². The van der Waals surface area contributed by atoms with Crippen LogP contribution in [0.25, 0.3) is 0 Å². The standard InChI is InChI=1S/C13H23NO5S/c1-6-7-10-8-14(12(15)18-13(2,3)4)9-11(10)19-20(5,16)17/h6,10-11H,1,7-9H2,2-5H3/t10-,11+/m1/s1. The number of hydrogen-bond acceptors (Lipinski definition) is 5. The highest BCUT2D eigenvalue weighted by Crippen LogP contribution is 2.26. The van der Waals surface area contributed by atoms with Gasteiger partial charge in [-0.05, 0) is 27.2 Å². The molecule has 0 radical (unpaired) electrons. The van der Waals surface area contributed by atoms with Gasteiger partial charge < -0.3 is 9.64 Å². The Hall–Kier alpha value is -1.08. The number of nitrogens with zero attached hydrogens (tertiary/aromatic N) is 1. The van der Waals surface area contributed by atoms with Gasteiger partial charge in [-0.1, -0.05) is 6.08 Å². The molecular weight excluding hydrogens is 282 g/mol. The van der Waals surface area contributed by atoms with Crippen molar-refractivity contribution in [1.82, 2.24) is 4.90 Å². The van der Waals surface area contributed by atoms with Crippen molar-refractivity contribution in [3.05, 3.63) is 12.7 Å². The van der Waals surface area contributed by atoms with Crippen molar-refractivity contribution in [3.63, 3.8) is 0 Å². The number of allylic oxidation sites excluding steroid dienone is 1. The summed E-state index contributed by atoms with van der Waals surface area (Å²) in [4.78, 5) is 13.5. The fraction of sp³-hybridized carbons (Fsp3) is 0.769. The predicted octanol–water partition coefficient (Wildman–Crippen LogP) is 1.77. The molecule has 2 atom stereocenters. The van der Waals surface area contributed by atoms with Gasteiger partial charge in [0.15, 0.2) is 0 Å². The molecule has 0 aromatic carbocycles.